The van der Waals surface area contributed by atoms with E-state index in [1.165, 1.54) is 16.7 Å². The summed E-state index contributed by atoms with van der Waals surface area (Å²) in [5.74, 6) is 0.490. The Labute approximate surface area is 131 Å². The van der Waals surface area contributed by atoms with Gasteiger partial charge in [0.1, 0.15) is 5.78 Å². The zero-order valence-corrected chi connectivity index (χ0v) is 15.1. The predicted octanol–water partition coefficient (Wildman–Crippen LogP) is 5.51. The standard InChI is InChI=1S/C20H32O/c1-14-9-10-16(15(2)11-14)12-17(13-19(3,4)5)18(21)20(6,7)8/h9-11,17H,12-13H2,1-8H3/t17-/m1/s1. The van der Waals surface area contributed by atoms with E-state index in [1.54, 1.807) is 0 Å². The Kier molecular flexibility index (Phi) is 5.41. The summed E-state index contributed by atoms with van der Waals surface area (Å²) in [5.41, 5.74) is 3.80. The van der Waals surface area contributed by atoms with Gasteiger partial charge in [-0.25, -0.2) is 0 Å². The molecule has 0 aliphatic rings. The maximum atomic E-state index is 12.8. The molecule has 0 aromatic heterocycles. The van der Waals surface area contributed by atoms with Crippen LogP contribution in [-0.4, -0.2) is 5.78 Å². The van der Waals surface area contributed by atoms with E-state index < -0.39 is 0 Å². The van der Waals surface area contributed by atoms with Gasteiger partial charge in [-0.05, 0) is 43.2 Å². The van der Waals surface area contributed by atoms with Gasteiger partial charge in [0.15, 0.2) is 0 Å². The molecular formula is C20H32O. The van der Waals surface area contributed by atoms with Crippen LogP contribution in [0.1, 0.15) is 64.7 Å². The average molecular weight is 288 g/mol. The molecule has 1 heteroatoms. The average Bonchev–Trinajstić information content (AvgIpc) is 2.27. The van der Waals surface area contributed by atoms with Crippen molar-refractivity contribution in [2.24, 2.45) is 16.7 Å². The van der Waals surface area contributed by atoms with Crippen LogP contribution in [0.5, 0.6) is 0 Å². The quantitative estimate of drug-likeness (QED) is 0.713. The molecule has 0 spiro atoms. The SMILES string of the molecule is Cc1ccc(C[C@H](CC(C)(C)C)C(=O)C(C)(C)C)c(C)c1. The number of aryl methyl sites for hydroxylation is 2. The number of carbonyl (C=O) groups is 1. The van der Waals surface area contributed by atoms with Gasteiger partial charge >= 0.3 is 0 Å². The van der Waals surface area contributed by atoms with Gasteiger partial charge in [0.05, 0.1) is 0 Å². The maximum absolute atomic E-state index is 12.8. The zero-order valence-electron chi connectivity index (χ0n) is 15.1. The molecular weight excluding hydrogens is 256 g/mol. The Morgan fingerprint density at radius 3 is 2.05 bits per heavy atom. The summed E-state index contributed by atoms with van der Waals surface area (Å²) in [6.07, 6.45) is 1.80. The van der Waals surface area contributed by atoms with Gasteiger partial charge in [0.25, 0.3) is 0 Å². The lowest BCUT2D eigenvalue weighted by molar-refractivity contribution is -0.131. The third-order valence-corrected chi connectivity index (χ3v) is 3.93. The summed E-state index contributed by atoms with van der Waals surface area (Å²) in [6, 6.07) is 6.55. The first kappa shape index (κ1) is 17.9. The second kappa shape index (κ2) is 6.34. The van der Waals surface area contributed by atoms with Crippen molar-refractivity contribution in [1.82, 2.24) is 0 Å². The molecule has 1 rings (SSSR count). The van der Waals surface area contributed by atoms with E-state index in [4.69, 9.17) is 0 Å². The van der Waals surface area contributed by atoms with E-state index in [0.29, 0.717) is 5.78 Å². The van der Waals surface area contributed by atoms with E-state index >= 15 is 0 Å². The molecule has 1 aromatic carbocycles. The zero-order chi connectivity index (χ0) is 16.4. The molecule has 21 heavy (non-hydrogen) atoms. The summed E-state index contributed by atoms with van der Waals surface area (Å²) in [5, 5.41) is 0. The molecule has 0 fully saturated rings. The smallest absolute Gasteiger partial charge is 0.141 e. The third-order valence-electron chi connectivity index (χ3n) is 3.93. The van der Waals surface area contributed by atoms with Crippen LogP contribution in [-0.2, 0) is 11.2 Å². The highest BCUT2D eigenvalue weighted by atomic mass is 16.1. The van der Waals surface area contributed by atoms with Crippen molar-refractivity contribution >= 4 is 5.78 Å². The lowest BCUT2D eigenvalue weighted by Gasteiger charge is -2.30. The van der Waals surface area contributed by atoms with Gasteiger partial charge in [-0.3, -0.25) is 4.79 Å². The van der Waals surface area contributed by atoms with Crippen molar-refractivity contribution in [3.8, 4) is 0 Å². The number of Topliss-reactive ketones (excluding diaryl/α,β-unsaturated/α-hetero) is 1. The topological polar surface area (TPSA) is 17.1 Å². The highest BCUT2D eigenvalue weighted by Gasteiger charge is 2.32. The molecule has 0 aliphatic heterocycles. The van der Waals surface area contributed by atoms with E-state index in [-0.39, 0.29) is 16.7 Å². The Balaban J connectivity index is 3.05. The van der Waals surface area contributed by atoms with Gasteiger partial charge < -0.3 is 0 Å². The lowest BCUT2D eigenvalue weighted by Crippen LogP contribution is -2.32. The fourth-order valence-electron chi connectivity index (χ4n) is 2.95. The van der Waals surface area contributed by atoms with Crippen molar-refractivity contribution < 1.29 is 4.79 Å². The van der Waals surface area contributed by atoms with Crippen molar-refractivity contribution in [1.29, 1.82) is 0 Å². The van der Waals surface area contributed by atoms with Crippen molar-refractivity contribution in [3.63, 3.8) is 0 Å². The molecule has 0 N–H and O–H groups in total. The summed E-state index contributed by atoms with van der Waals surface area (Å²) in [7, 11) is 0. The molecule has 1 aromatic rings. The largest absolute Gasteiger partial charge is 0.299 e. The second-order valence-corrected chi connectivity index (χ2v) is 8.71. The lowest BCUT2D eigenvalue weighted by atomic mass is 9.73. The Morgan fingerprint density at radius 1 is 1.05 bits per heavy atom. The van der Waals surface area contributed by atoms with E-state index in [1.807, 2.05) is 20.8 Å². The fourth-order valence-corrected chi connectivity index (χ4v) is 2.95. The molecule has 1 atom stereocenters. The predicted molar refractivity (Wildman–Crippen MR) is 91.6 cm³/mol. The number of hydrogen-bond acceptors (Lipinski definition) is 1. The van der Waals surface area contributed by atoms with E-state index in [0.717, 1.165) is 12.8 Å². The summed E-state index contributed by atoms with van der Waals surface area (Å²) in [6.45, 7) is 17.0. The fraction of sp³-hybridized carbons (Fsp3) is 0.650. The van der Waals surface area contributed by atoms with Crippen LogP contribution in [0.2, 0.25) is 0 Å². The number of hydrogen-bond donors (Lipinski definition) is 0. The summed E-state index contributed by atoms with van der Waals surface area (Å²) >= 11 is 0. The maximum Gasteiger partial charge on any atom is 0.141 e. The molecule has 0 saturated carbocycles. The van der Waals surface area contributed by atoms with Crippen molar-refractivity contribution in [2.75, 3.05) is 0 Å². The second-order valence-electron chi connectivity index (χ2n) is 8.71. The molecule has 1 nitrogen and oxygen atoms in total. The van der Waals surface area contributed by atoms with Crippen LogP contribution in [0.3, 0.4) is 0 Å². The normalized spacial score (nSPS) is 14.1. The van der Waals surface area contributed by atoms with Crippen molar-refractivity contribution in [3.05, 3.63) is 34.9 Å². The van der Waals surface area contributed by atoms with Gasteiger partial charge in [-0.15, -0.1) is 0 Å². The third kappa shape index (κ3) is 5.65. The number of rotatable bonds is 4. The Morgan fingerprint density at radius 2 is 1.62 bits per heavy atom. The molecule has 0 bridgehead atoms. The van der Waals surface area contributed by atoms with Gasteiger partial charge in [-0.2, -0.15) is 0 Å². The van der Waals surface area contributed by atoms with Gasteiger partial charge in [0.2, 0.25) is 0 Å². The van der Waals surface area contributed by atoms with Gasteiger partial charge in [-0.1, -0.05) is 65.3 Å². The molecule has 0 heterocycles. The molecule has 0 radical (unpaired) electrons. The monoisotopic (exact) mass is 288 g/mol. The number of ketones is 1. The minimum atomic E-state index is -0.269. The highest BCUT2D eigenvalue weighted by Crippen LogP contribution is 2.33. The molecule has 0 amide bonds. The van der Waals surface area contributed by atoms with Crippen LogP contribution >= 0.6 is 0 Å². The van der Waals surface area contributed by atoms with E-state index in [9.17, 15) is 4.79 Å². The first-order chi connectivity index (χ1) is 9.40. The van der Waals surface area contributed by atoms with Crippen LogP contribution in [0, 0.1) is 30.6 Å². The van der Waals surface area contributed by atoms with Crippen molar-refractivity contribution in [2.45, 2.75) is 68.2 Å². The first-order valence-electron chi connectivity index (χ1n) is 8.00. The minimum Gasteiger partial charge on any atom is -0.299 e. The van der Waals surface area contributed by atoms with Crippen LogP contribution in [0.15, 0.2) is 18.2 Å². The Hall–Kier alpha value is -1.11. The Bertz CT molecular complexity index is 498. The summed E-state index contributed by atoms with van der Waals surface area (Å²) in [4.78, 5) is 12.8. The first-order valence-corrected chi connectivity index (χ1v) is 8.00. The summed E-state index contributed by atoms with van der Waals surface area (Å²) < 4.78 is 0. The van der Waals surface area contributed by atoms with Crippen LogP contribution in [0.25, 0.3) is 0 Å². The van der Waals surface area contributed by atoms with Crippen LogP contribution in [0.4, 0.5) is 0 Å². The number of carbonyl (C=O) groups excluding carboxylic acids is 1. The van der Waals surface area contributed by atoms with Gasteiger partial charge in [0, 0.05) is 11.3 Å². The molecule has 118 valence electrons. The molecule has 0 unspecified atom stereocenters. The molecule has 0 saturated heterocycles. The van der Waals surface area contributed by atoms with Crippen LogP contribution < -0.4 is 0 Å². The highest BCUT2D eigenvalue weighted by molar-refractivity contribution is 5.86. The number of benzene rings is 1. The molecule has 0 aliphatic carbocycles. The minimum absolute atomic E-state index is 0.103. The van der Waals surface area contributed by atoms with E-state index in [2.05, 4.69) is 52.8 Å².